The fourth-order valence-corrected chi connectivity index (χ4v) is 1.93. The summed E-state index contributed by atoms with van der Waals surface area (Å²) in [5.74, 6) is 0.633. The molecule has 1 aliphatic rings. The Hall–Kier alpha value is -0.710. The maximum Gasteiger partial charge on any atom is 0.416 e. The average Bonchev–Trinajstić information content (AvgIpc) is 2.96. The molecule has 0 radical (unpaired) electrons. The Balaban J connectivity index is 2.14. The predicted molar refractivity (Wildman–Crippen MR) is 60.4 cm³/mol. The molecule has 16 heavy (non-hydrogen) atoms. The lowest BCUT2D eigenvalue weighted by molar-refractivity contribution is -0.137. The van der Waals surface area contributed by atoms with Crippen LogP contribution in [-0.4, -0.2) is 6.54 Å². The van der Waals surface area contributed by atoms with Crippen LogP contribution in [-0.2, 0) is 6.18 Å². The minimum Gasteiger partial charge on any atom is -0.385 e. The first kappa shape index (κ1) is 11.8. The largest absolute Gasteiger partial charge is 0.416 e. The third-order valence-corrected chi connectivity index (χ3v) is 2.97. The lowest BCUT2D eigenvalue weighted by Crippen LogP contribution is -2.08. The summed E-state index contributed by atoms with van der Waals surface area (Å²) < 4.78 is 38.0. The summed E-state index contributed by atoms with van der Waals surface area (Å²) in [5.41, 5.74) is -0.103. The van der Waals surface area contributed by atoms with E-state index in [-0.39, 0.29) is 0 Å². The Morgan fingerprint density at radius 1 is 1.25 bits per heavy atom. The number of hydrogen-bond acceptors (Lipinski definition) is 1. The maximum atomic E-state index is 12.5. The molecule has 1 saturated carbocycles. The van der Waals surface area contributed by atoms with Crippen molar-refractivity contribution in [3.05, 3.63) is 28.2 Å². The van der Waals surface area contributed by atoms with Gasteiger partial charge in [0.15, 0.2) is 0 Å². The van der Waals surface area contributed by atoms with Gasteiger partial charge in [0, 0.05) is 16.7 Å². The number of alkyl halides is 3. The molecule has 1 aliphatic carbocycles. The molecule has 1 aromatic carbocycles. The van der Waals surface area contributed by atoms with Gasteiger partial charge in [-0.25, -0.2) is 0 Å². The van der Waals surface area contributed by atoms with Gasteiger partial charge in [0.05, 0.1) is 5.56 Å². The Bertz CT molecular complexity index is 385. The lowest BCUT2D eigenvalue weighted by Gasteiger charge is -2.11. The van der Waals surface area contributed by atoms with Crippen LogP contribution in [0.15, 0.2) is 22.7 Å². The van der Waals surface area contributed by atoms with E-state index in [1.165, 1.54) is 12.8 Å². The smallest absolute Gasteiger partial charge is 0.385 e. The summed E-state index contributed by atoms with van der Waals surface area (Å²) in [5, 5.41) is 3.03. The van der Waals surface area contributed by atoms with Gasteiger partial charge in [-0.3, -0.25) is 0 Å². The third-order valence-electron chi connectivity index (χ3n) is 2.52. The highest BCUT2D eigenvalue weighted by Crippen LogP contribution is 2.34. The number of halogens is 4. The monoisotopic (exact) mass is 293 g/mol. The molecule has 0 aliphatic heterocycles. The predicted octanol–water partition coefficient (Wildman–Crippen LogP) is 4.29. The molecule has 0 amide bonds. The fourth-order valence-electron chi connectivity index (χ4n) is 1.44. The molecule has 0 bridgehead atoms. The third kappa shape index (κ3) is 3.14. The van der Waals surface area contributed by atoms with E-state index >= 15 is 0 Å². The highest BCUT2D eigenvalue weighted by atomic mass is 79.9. The Kier molecular flexibility index (Phi) is 3.15. The summed E-state index contributed by atoms with van der Waals surface area (Å²) in [6.07, 6.45) is -1.94. The fraction of sp³-hybridized carbons (Fsp3) is 0.455. The Morgan fingerprint density at radius 2 is 1.94 bits per heavy atom. The number of anilines is 1. The van der Waals surface area contributed by atoms with Crippen LogP contribution in [0.1, 0.15) is 18.4 Å². The van der Waals surface area contributed by atoms with Gasteiger partial charge in [0.1, 0.15) is 0 Å². The average molecular weight is 294 g/mol. The molecule has 1 nitrogen and oxygen atoms in total. The van der Waals surface area contributed by atoms with Gasteiger partial charge in [-0.2, -0.15) is 13.2 Å². The SMILES string of the molecule is FC(F)(F)c1cc(Br)cc(NCC2CC2)c1. The summed E-state index contributed by atoms with van der Waals surface area (Å²) in [4.78, 5) is 0. The molecular formula is C11H11BrF3N. The van der Waals surface area contributed by atoms with Crippen molar-refractivity contribution in [2.45, 2.75) is 19.0 Å². The quantitative estimate of drug-likeness (QED) is 0.877. The van der Waals surface area contributed by atoms with Crippen molar-refractivity contribution < 1.29 is 13.2 Å². The van der Waals surface area contributed by atoms with Crippen LogP contribution in [0.2, 0.25) is 0 Å². The van der Waals surface area contributed by atoms with E-state index < -0.39 is 11.7 Å². The van der Waals surface area contributed by atoms with Gasteiger partial charge >= 0.3 is 6.18 Å². The molecule has 0 spiro atoms. The Labute approximate surface area is 100 Å². The van der Waals surface area contributed by atoms with Crippen LogP contribution in [0.5, 0.6) is 0 Å². The first-order valence-electron chi connectivity index (χ1n) is 5.07. The molecule has 0 unspecified atom stereocenters. The van der Waals surface area contributed by atoms with E-state index in [2.05, 4.69) is 21.2 Å². The second-order valence-corrected chi connectivity index (χ2v) is 4.97. The zero-order chi connectivity index (χ0) is 11.8. The van der Waals surface area contributed by atoms with Crippen LogP contribution in [0.4, 0.5) is 18.9 Å². The van der Waals surface area contributed by atoms with Crippen LogP contribution in [0.25, 0.3) is 0 Å². The maximum absolute atomic E-state index is 12.5. The molecule has 1 aromatic rings. The van der Waals surface area contributed by atoms with Crippen LogP contribution < -0.4 is 5.32 Å². The standard InChI is InChI=1S/C11H11BrF3N/c12-9-3-8(11(13,14)15)4-10(5-9)16-6-7-1-2-7/h3-5,7,16H,1-2,6H2. The number of hydrogen-bond donors (Lipinski definition) is 1. The van der Waals surface area contributed by atoms with Gasteiger partial charge in [-0.1, -0.05) is 15.9 Å². The first-order chi connectivity index (χ1) is 7.45. The van der Waals surface area contributed by atoms with Crippen LogP contribution in [0, 0.1) is 5.92 Å². The number of benzene rings is 1. The van der Waals surface area contributed by atoms with Crippen molar-refractivity contribution in [2.24, 2.45) is 5.92 Å². The van der Waals surface area contributed by atoms with Gasteiger partial charge in [0.2, 0.25) is 0 Å². The molecule has 5 heteroatoms. The highest BCUT2D eigenvalue weighted by Gasteiger charge is 2.31. The van der Waals surface area contributed by atoms with E-state index in [1.807, 2.05) is 0 Å². The van der Waals surface area contributed by atoms with Crippen molar-refractivity contribution in [1.82, 2.24) is 0 Å². The normalized spacial score (nSPS) is 16.2. The van der Waals surface area contributed by atoms with Crippen molar-refractivity contribution >= 4 is 21.6 Å². The van der Waals surface area contributed by atoms with Crippen molar-refractivity contribution in [3.8, 4) is 0 Å². The molecule has 0 saturated heterocycles. The second-order valence-electron chi connectivity index (χ2n) is 4.05. The molecule has 0 heterocycles. The second kappa shape index (κ2) is 4.28. The van der Waals surface area contributed by atoms with Crippen LogP contribution in [0.3, 0.4) is 0 Å². The molecule has 88 valence electrons. The Morgan fingerprint density at radius 3 is 2.50 bits per heavy atom. The van der Waals surface area contributed by atoms with Crippen molar-refractivity contribution in [1.29, 1.82) is 0 Å². The lowest BCUT2D eigenvalue weighted by atomic mass is 10.2. The van der Waals surface area contributed by atoms with E-state index in [0.29, 0.717) is 16.1 Å². The summed E-state index contributed by atoms with van der Waals surface area (Å²) >= 11 is 3.09. The first-order valence-corrected chi connectivity index (χ1v) is 5.86. The van der Waals surface area contributed by atoms with E-state index in [0.717, 1.165) is 18.7 Å². The van der Waals surface area contributed by atoms with Crippen molar-refractivity contribution in [2.75, 3.05) is 11.9 Å². The van der Waals surface area contributed by atoms with Gasteiger partial charge < -0.3 is 5.32 Å². The zero-order valence-corrected chi connectivity index (χ0v) is 10.0. The molecule has 1 fully saturated rings. The van der Waals surface area contributed by atoms with E-state index in [9.17, 15) is 13.2 Å². The molecule has 1 N–H and O–H groups in total. The van der Waals surface area contributed by atoms with E-state index in [4.69, 9.17) is 0 Å². The number of rotatable bonds is 3. The summed E-state index contributed by atoms with van der Waals surface area (Å²) in [6.45, 7) is 0.758. The van der Waals surface area contributed by atoms with Crippen LogP contribution >= 0.6 is 15.9 Å². The van der Waals surface area contributed by atoms with Gasteiger partial charge in [-0.15, -0.1) is 0 Å². The zero-order valence-electron chi connectivity index (χ0n) is 8.44. The van der Waals surface area contributed by atoms with Crippen molar-refractivity contribution in [3.63, 3.8) is 0 Å². The summed E-state index contributed by atoms with van der Waals surface area (Å²) in [6, 6.07) is 3.90. The summed E-state index contributed by atoms with van der Waals surface area (Å²) in [7, 11) is 0. The highest BCUT2D eigenvalue weighted by molar-refractivity contribution is 9.10. The number of nitrogens with one attached hydrogen (secondary N) is 1. The minimum absolute atomic E-state index is 0.445. The minimum atomic E-state index is -4.29. The van der Waals surface area contributed by atoms with Gasteiger partial charge in [-0.05, 0) is 37.0 Å². The van der Waals surface area contributed by atoms with Gasteiger partial charge in [0.25, 0.3) is 0 Å². The molecule has 0 atom stereocenters. The molecular weight excluding hydrogens is 283 g/mol. The van der Waals surface area contributed by atoms with E-state index in [1.54, 1.807) is 6.07 Å². The molecule has 2 rings (SSSR count). The topological polar surface area (TPSA) is 12.0 Å². The molecule has 0 aromatic heterocycles.